The van der Waals surface area contributed by atoms with Gasteiger partial charge >= 0.3 is 0 Å². The molecule has 140 valence electrons. The van der Waals surface area contributed by atoms with Crippen LogP contribution < -0.4 is 11.1 Å². The van der Waals surface area contributed by atoms with Crippen LogP contribution in [0.2, 0.25) is 0 Å². The monoisotopic (exact) mass is 369 g/mol. The van der Waals surface area contributed by atoms with Crippen LogP contribution in [0.4, 0.5) is 10.2 Å². The maximum absolute atomic E-state index is 14.2. The molecular weight excluding hydrogens is 349 g/mol. The number of nitrogens with one attached hydrogen (secondary N) is 2. The van der Waals surface area contributed by atoms with Crippen molar-refractivity contribution in [3.8, 4) is 11.4 Å². The molecule has 0 spiro atoms. The number of pyridine rings is 1. The Balaban J connectivity index is 1.46. The maximum atomic E-state index is 14.2. The van der Waals surface area contributed by atoms with Crippen LogP contribution in [0.15, 0.2) is 36.5 Å². The lowest BCUT2D eigenvalue weighted by molar-refractivity contribution is 0.181. The number of H-pyrrole nitrogens is 1. The number of aromatic nitrogens is 5. The second-order valence-electron chi connectivity index (χ2n) is 6.78. The minimum Gasteiger partial charge on any atom is -0.373 e. The van der Waals surface area contributed by atoms with Gasteiger partial charge in [0.15, 0.2) is 0 Å². The highest BCUT2D eigenvalue weighted by atomic mass is 19.1. The summed E-state index contributed by atoms with van der Waals surface area (Å²) in [5.41, 5.74) is 7.10. The Morgan fingerprint density at radius 3 is 2.70 bits per heavy atom. The first-order valence-electron chi connectivity index (χ1n) is 8.75. The lowest BCUT2D eigenvalue weighted by Gasteiger charge is -2.41. The summed E-state index contributed by atoms with van der Waals surface area (Å²) in [6.45, 7) is 0.543. The Kier molecular flexibility index (Phi) is 4.54. The van der Waals surface area contributed by atoms with Crippen LogP contribution in [0.1, 0.15) is 36.9 Å². The molecule has 0 aliphatic heterocycles. The van der Waals surface area contributed by atoms with Crippen molar-refractivity contribution in [3.63, 3.8) is 0 Å². The first-order valence-corrected chi connectivity index (χ1v) is 8.75. The number of nitrogens with zero attached hydrogens (tertiary/aromatic N) is 4. The molecule has 8 nitrogen and oxygen atoms in total. The van der Waals surface area contributed by atoms with Crippen LogP contribution in [-0.2, 0) is 5.41 Å². The molecule has 0 bridgehead atoms. The Labute approximate surface area is 155 Å². The standard InChI is InChI=1S/C18H20FN7O/c19-11-3-1-8-21-16(11)18(6-2-7-18)10-22-15-5-4-12(23-26-15)13-9-14(17(20)27)25-24-13/h1,3-5,8-9,17,27H,2,6-7,10,20H2,(H,22,26)(H,24,25). The number of anilines is 1. The molecule has 1 fully saturated rings. The summed E-state index contributed by atoms with van der Waals surface area (Å²) in [7, 11) is 0. The number of hydrogen-bond donors (Lipinski definition) is 4. The van der Waals surface area contributed by atoms with E-state index in [1.54, 1.807) is 30.5 Å². The molecule has 3 aromatic rings. The zero-order chi connectivity index (χ0) is 18.9. The Morgan fingerprint density at radius 1 is 1.26 bits per heavy atom. The third kappa shape index (κ3) is 3.38. The summed E-state index contributed by atoms with van der Waals surface area (Å²) >= 11 is 0. The molecule has 5 N–H and O–H groups in total. The van der Waals surface area contributed by atoms with Crippen LogP contribution >= 0.6 is 0 Å². The van der Waals surface area contributed by atoms with Crippen molar-refractivity contribution in [1.29, 1.82) is 0 Å². The summed E-state index contributed by atoms with van der Waals surface area (Å²) in [4.78, 5) is 4.26. The number of aromatic amines is 1. The first-order chi connectivity index (χ1) is 13.1. The molecule has 9 heteroatoms. The van der Waals surface area contributed by atoms with E-state index in [0.29, 0.717) is 35.1 Å². The third-order valence-electron chi connectivity index (χ3n) is 5.02. The Bertz CT molecular complexity index is 921. The predicted octanol–water partition coefficient (Wildman–Crippen LogP) is 1.88. The number of aliphatic hydroxyl groups excluding tert-OH is 1. The van der Waals surface area contributed by atoms with Gasteiger partial charge < -0.3 is 16.2 Å². The van der Waals surface area contributed by atoms with Crippen LogP contribution in [0.25, 0.3) is 11.4 Å². The zero-order valence-corrected chi connectivity index (χ0v) is 14.6. The maximum Gasteiger partial charge on any atom is 0.148 e. The van der Waals surface area contributed by atoms with Gasteiger partial charge in [0.25, 0.3) is 0 Å². The van der Waals surface area contributed by atoms with E-state index in [0.717, 1.165) is 19.3 Å². The minimum absolute atomic E-state index is 0.267. The van der Waals surface area contributed by atoms with Gasteiger partial charge in [-0.2, -0.15) is 5.10 Å². The highest BCUT2D eigenvalue weighted by Gasteiger charge is 2.41. The lowest BCUT2D eigenvalue weighted by atomic mass is 9.66. The summed E-state index contributed by atoms with van der Waals surface area (Å²) in [5.74, 6) is 0.327. The molecule has 1 aliphatic carbocycles. The second kappa shape index (κ2) is 7.01. The number of rotatable bonds is 6. The van der Waals surface area contributed by atoms with Gasteiger partial charge in [0.1, 0.15) is 29.3 Å². The predicted molar refractivity (Wildman–Crippen MR) is 97.0 cm³/mol. The molecule has 1 unspecified atom stereocenters. The van der Waals surface area contributed by atoms with Gasteiger partial charge in [-0.3, -0.25) is 10.1 Å². The highest BCUT2D eigenvalue weighted by Crippen LogP contribution is 2.43. The van der Waals surface area contributed by atoms with E-state index in [4.69, 9.17) is 5.73 Å². The SMILES string of the molecule is NC(O)c1cc(-c2ccc(NCC3(c4ncccc4F)CCC3)nn2)n[nH]1. The average molecular weight is 369 g/mol. The second-order valence-corrected chi connectivity index (χ2v) is 6.78. The van der Waals surface area contributed by atoms with E-state index in [9.17, 15) is 9.50 Å². The topological polar surface area (TPSA) is 126 Å². The summed E-state index contributed by atoms with van der Waals surface area (Å²) in [6, 6.07) is 8.24. The molecule has 1 atom stereocenters. The summed E-state index contributed by atoms with van der Waals surface area (Å²) in [6.07, 6.45) is 3.33. The minimum atomic E-state index is -1.12. The average Bonchev–Trinajstić information content (AvgIpc) is 3.13. The first kappa shape index (κ1) is 17.5. The van der Waals surface area contributed by atoms with Crippen molar-refractivity contribution in [2.24, 2.45) is 5.73 Å². The van der Waals surface area contributed by atoms with Crippen LogP contribution in [0.5, 0.6) is 0 Å². The quantitative estimate of drug-likeness (QED) is 0.489. The molecule has 27 heavy (non-hydrogen) atoms. The smallest absolute Gasteiger partial charge is 0.148 e. The lowest BCUT2D eigenvalue weighted by Crippen LogP contribution is -2.42. The van der Waals surface area contributed by atoms with Crippen LogP contribution in [-0.4, -0.2) is 37.0 Å². The fourth-order valence-electron chi connectivity index (χ4n) is 3.32. The van der Waals surface area contributed by atoms with E-state index in [1.807, 2.05) is 0 Å². The Morgan fingerprint density at radius 2 is 2.11 bits per heavy atom. The molecule has 0 saturated heterocycles. The molecule has 4 rings (SSSR count). The van der Waals surface area contributed by atoms with Gasteiger partial charge in [-0.15, -0.1) is 10.2 Å². The van der Waals surface area contributed by atoms with E-state index < -0.39 is 6.23 Å². The Hall–Kier alpha value is -2.91. The van der Waals surface area contributed by atoms with E-state index in [2.05, 4.69) is 30.7 Å². The molecule has 3 aromatic heterocycles. The summed E-state index contributed by atoms with van der Waals surface area (Å²) < 4.78 is 14.2. The molecular formula is C18H20FN7O. The molecule has 1 aliphatic rings. The van der Waals surface area contributed by atoms with Crippen LogP contribution in [0.3, 0.4) is 0 Å². The van der Waals surface area contributed by atoms with Crippen molar-refractivity contribution < 1.29 is 9.50 Å². The van der Waals surface area contributed by atoms with Gasteiger partial charge in [0, 0.05) is 18.2 Å². The van der Waals surface area contributed by atoms with E-state index in [-0.39, 0.29) is 11.2 Å². The van der Waals surface area contributed by atoms with Gasteiger partial charge in [-0.1, -0.05) is 6.42 Å². The van der Waals surface area contributed by atoms with Crippen molar-refractivity contribution in [1.82, 2.24) is 25.4 Å². The van der Waals surface area contributed by atoms with E-state index in [1.165, 1.54) is 6.07 Å². The van der Waals surface area contributed by atoms with Crippen molar-refractivity contribution in [3.05, 3.63) is 53.7 Å². The fraction of sp³-hybridized carbons (Fsp3) is 0.333. The zero-order valence-electron chi connectivity index (χ0n) is 14.6. The molecule has 0 amide bonds. The van der Waals surface area contributed by atoms with Gasteiger partial charge in [-0.25, -0.2) is 4.39 Å². The van der Waals surface area contributed by atoms with E-state index >= 15 is 0 Å². The number of halogens is 1. The summed E-state index contributed by atoms with van der Waals surface area (Å²) in [5, 5.41) is 27.6. The number of aliphatic hydroxyl groups is 1. The van der Waals surface area contributed by atoms with Crippen molar-refractivity contribution >= 4 is 5.82 Å². The van der Waals surface area contributed by atoms with Crippen LogP contribution in [0, 0.1) is 5.82 Å². The third-order valence-corrected chi connectivity index (χ3v) is 5.02. The molecule has 0 radical (unpaired) electrons. The molecule has 1 saturated carbocycles. The van der Waals surface area contributed by atoms with Crippen molar-refractivity contribution in [2.75, 3.05) is 11.9 Å². The van der Waals surface area contributed by atoms with Gasteiger partial charge in [-0.05, 0) is 43.2 Å². The fourth-order valence-corrected chi connectivity index (χ4v) is 3.32. The van der Waals surface area contributed by atoms with Gasteiger partial charge in [0.2, 0.25) is 0 Å². The largest absolute Gasteiger partial charge is 0.373 e. The number of hydrogen-bond acceptors (Lipinski definition) is 7. The molecule has 3 heterocycles. The van der Waals surface area contributed by atoms with Gasteiger partial charge in [0.05, 0.1) is 11.4 Å². The van der Waals surface area contributed by atoms with Crippen molar-refractivity contribution in [2.45, 2.75) is 30.9 Å². The normalized spacial score (nSPS) is 16.6. The number of nitrogens with two attached hydrogens (primary N) is 1. The molecule has 0 aromatic carbocycles. The highest BCUT2D eigenvalue weighted by molar-refractivity contribution is 5.55.